The van der Waals surface area contributed by atoms with E-state index in [4.69, 9.17) is 4.98 Å². The Morgan fingerprint density at radius 1 is 1.20 bits per heavy atom. The van der Waals surface area contributed by atoms with Crippen LogP contribution in [0.25, 0.3) is 6.08 Å². The van der Waals surface area contributed by atoms with Gasteiger partial charge in [0.15, 0.2) is 0 Å². The van der Waals surface area contributed by atoms with Crippen LogP contribution in [0.5, 0.6) is 0 Å². The zero-order chi connectivity index (χ0) is 28.3. The first-order valence-corrected chi connectivity index (χ1v) is 15.1. The molecule has 4 aliphatic carbocycles. The molecule has 0 spiro atoms. The van der Waals surface area contributed by atoms with Crippen LogP contribution in [0.4, 0.5) is 8.78 Å². The molecule has 0 aromatic carbocycles. The second kappa shape index (κ2) is 10.3. The van der Waals surface area contributed by atoms with Crippen molar-refractivity contribution in [3.8, 4) is 0 Å². The summed E-state index contributed by atoms with van der Waals surface area (Å²) in [6.45, 7) is 7.76. The monoisotopic (exact) mass is 553 g/mol. The number of hydrogen-bond donors (Lipinski definition) is 2. The highest BCUT2D eigenvalue weighted by Gasteiger charge is 2.46. The summed E-state index contributed by atoms with van der Waals surface area (Å²) in [6, 6.07) is 0.0313. The SMILES string of the molecule is C=C=C(O)C1CCCC(n2c(C(O)C3CCC(F)(F)CC3)nc3c2C=CC2C3CCC(C)N2C(=O)C2=C(C)C2)C1. The quantitative estimate of drug-likeness (QED) is 0.307. The third-order valence-corrected chi connectivity index (χ3v) is 10.3. The number of amides is 1. The Morgan fingerprint density at radius 2 is 1.93 bits per heavy atom. The lowest BCUT2D eigenvalue weighted by atomic mass is 9.79. The van der Waals surface area contributed by atoms with Gasteiger partial charge in [0.1, 0.15) is 17.7 Å². The van der Waals surface area contributed by atoms with Crippen LogP contribution < -0.4 is 0 Å². The van der Waals surface area contributed by atoms with Crippen LogP contribution in [-0.4, -0.2) is 48.6 Å². The van der Waals surface area contributed by atoms with Gasteiger partial charge in [0.2, 0.25) is 5.92 Å². The Balaban J connectivity index is 1.38. The van der Waals surface area contributed by atoms with Crippen molar-refractivity contribution in [1.82, 2.24) is 14.5 Å². The minimum Gasteiger partial charge on any atom is -0.504 e. The molecule has 0 bridgehead atoms. The number of imidazole rings is 1. The third kappa shape index (κ3) is 4.77. The number of aliphatic hydroxyl groups is 2. The van der Waals surface area contributed by atoms with Gasteiger partial charge in [0.25, 0.3) is 5.91 Å². The number of rotatable bonds is 5. The number of likely N-dealkylation sites (tertiary alicyclic amines) is 1. The summed E-state index contributed by atoms with van der Waals surface area (Å²) in [4.78, 5) is 20.6. The maximum absolute atomic E-state index is 14.0. The first kappa shape index (κ1) is 27.5. The number of nitrogens with zero attached hydrogens (tertiary/aromatic N) is 3. The molecule has 6 atom stereocenters. The number of aromatic nitrogens is 2. The van der Waals surface area contributed by atoms with Gasteiger partial charge in [0.05, 0.1) is 17.4 Å². The predicted molar refractivity (Wildman–Crippen MR) is 149 cm³/mol. The molecular formula is C32H41F2N3O3. The van der Waals surface area contributed by atoms with E-state index in [1.54, 1.807) is 0 Å². The van der Waals surface area contributed by atoms with Gasteiger partial charge in [-0.2, -0.15) is 0 Å². The Hall–Kier alpha value is -2.70. The zero-order valence-corrected chi connectivity index (χ0v) is 23.6. The van der Waals surface area contributed by atoms with E-state index in [1.165, 1.54) is 0 Å². The average Bonchev–Trinajstić information content (AvgIpc) is 3.55. The number of aliphatic hydroxyl groups excluding tert-OH is 2. The molecule has 6 nitrogen and oxygen atoms in total. The summed E-state index contributed by atoms with van der Waals surface area (Å²) >= 11 is 0. The van der Waals surface area contributed by atoms with Gasteiger partial charge in [-0.25, -0.2) is 13.8 Å². The standard InChI is InChI=1S/C32H41F2N3O3/c1-4-27(38)21-6-5-7-22(17-21)37-26-11-10-25-23(9-8-19(3)36(25)31(40)24-16-18(24)2)28(26)35-30(37)29(39)20-12-14-32(33,34)15-13-20/h10-11,19-23,25,29,38-39H,1,5-9,12-17H2,2-3H3. The molecule has 2 saturated carbocycles. The fourth-order valence-corrected chi connectivity index (χ4v) is 7.80. The average molecular weight is 554 g/mol. The highest BCUT2D eigenvalue weighted by Crippen LogP contribution is 2.48. The molecule has 2 heterocycles. The van der Waals surface area contributed by atoms with Crippen LogP contribution in [0.3, 0.4) is 0 Å². The van der Waals surface area contributed by atoms with Crippen molar-refractivity contribution in [2.75, 3.05) is 0 Å². The lowest BCUT2D eigenvalue weighted by Crippen LogP contribution is -2.52. The lowest BCUT2D eigenvalue weighted by Gasteiger charge is -2.45. The van der Waals surface area contributed by atoms with Crippen LogP contribution in [0.2, 0.25) is 0 Å². The lowest BCUT2D eigenvalue weighted by molar-refractivity contribution is -0.132. The Bertz CT molecular complexity index is 1300. The van der Waals surface area contributed by atoms with Crippen molar-refractivity contribution >= 4 is 12.0 Å². The Labute approximate surface area is 235 Å². The van der Waals surface area contributed by atoms with Gasteiger partial charge in [-0.3, -0.25) is 4.79 Å². The molecule has 5 aliphatic rings. The largest absolute Gasteiger partial charge is 0.504 e. The number of allylic oxidation sites excluding steroid dienone is 2. The third-order valence-electron chi connectivity index (χ3n) is 10.3. The van der Waals surface area contributed by atoms with Gasteiger partial charge in [-0.15, -0.1) is 0 Å². The molecule has 1 aromatic rings. The molecule has 216 valence electrons. The summed E-state index contributed by atoms with van der Waals surface area (Å²) in [7, 11) is 0. The Morgan fingerprint density at radius 3 is 2.60 bits per heavy atom. The summed E-state index contributed by atoms with van der Waals surface area (Å²) in [5.41, 5.74) is 6.59. The fraction of sp³-hybridized carbons (Fsp3) is 0.656. The molecule has 2 N–H and O–H groups in total. The highest BCUT2D eigenvalue weighted by atomic mass is 19.3. The normalized spacial score (nSPS) is 32.2. The number of fused-ring (bicyclic) bond motifs is 3. The molecule has 3 fully saturated rings. The van der Waals surface area contributed by atoms with E-state index in [0.29, 0.717) is 12.2 Å². The summed E-state index contributed by atoms with van der Waals surface area (Å²) in [6.07, 6.45) is 9.20. The van der Waals surface area contributed by atoms with E-state index in [2.05, 4.69) is 36.0 Å². The van der Waals surface area contributed by atoms with Gasteiger partial charge in [0, 0.05) is 42.3 Å². The molecule has 40 heavy (non-hydrogen) atoms. The second-order valence-corrected chi connectivity index (χ2v) is 12.9. The number of carbonyl (C=O) groups is 1. The minimum atomic E-state index is -2.67. The maximum Gasteiger partial charge on any atom is 0.250 e. The van der Waals surface area contributed by atoms with Crippen LogP contribution in [0.15, 0.2) is 35.3 Å². The molecule has 6 rings (SSSR count). The van der Waals surface area contributed by atoms with Crippen molar-refractivity contribution in [3.05, 3.63) is 52.5 Å². The van der Waals surface area contributed by atoms with Crippen LogP contribution >= 0.6 is 0 Å². The molecule has 1 amide bonds. The van der Waals surface area contributed by atoms with E-state index in [0.717, 1.165) is 61.1 Å². The molecule has 6 unspecified atom stereocenters. The second-order valence-electron chi connectivity index (χ2n) is 12.9. The van der Waals surface area contributed by atoms with Crippen molar-refractivity contribution in [1.29, 1.82) is 0 Å². The van der Waals surface area contributed by atoms with Crippen molar-refractivity contribution in [2.24, 2.45) is 11.8 Å². The molecular weight excluding hydrogens is 512 g/mol. The van der Waals surface area contributed by atoms with Gasteiger partial charge in [-0.05, 0) is 77.2 Å². The topological polar surface area (TPSA) is 78.6 Å². The number of halogens is 2. The predicted octanol–water partition coefficient (Wildman–Crippen LogP) is 6.91. The van der Waals surface area contributed by atoms with Crippen molar-refractivity contribution in [2.45, 2.75) is 121 Å². The number of piperidine rings is 1. The van der Waals surface area contributed by atoms with Crippen LogP contribution in [0, 0.1) is 11.8 Å². The number of hydrogen-bond acceptors (Lipinski definition) is 4. The van der Waals surface area contributed by atoms with E-state index in [9.17, 15) is 23.8 Å². The molecule has 1 aliphatic heterocycles. The first-order valence-electron chi connectivity index (χ1n) is 15.1. The van der Waals surface area contributed by atoms with Crippen molar-refractivity contribution < 1.29 is 23.8 Å². The van der Waals surface area contributed by atoms with E-state index in [-0.39, 0.29) is 73.2 Å². The first-order chi connectivity index (χ1) is 19.1. The molecule has 8 heteroatoms. The van der Waals surface area contributed by atoms with E-state index in [1.807, 2.05) is 11.8 Å². The minimum absolute atomic E-state index is 0.000833. The van der Waals surface area contributed by atoms with Crippen LogP contribution in [-0.2, 0) is 4.79 Å². The highest BCUT2D eigenvalue weighted by molar-refractivity contribution is 5.99. The summed E-state index contributed by atoms with van der Waals surface area (Å²) in [5, 5.41) is 22.1. The van der Waals surface area contributed by atoms with Gasteiger partial charge < -0.3 is 19.7 Å². The smallest absolute Gasteiger partial charge is 0.250 e. The van der Waals surface area contributed by atoms with Crippen LogP contribution in [0.1, 0.15) is 120 Å². The molecule has 0 radical (unpaired) electrons. The van der Waals surface area contributed by atoms with Gasteiger partial charge >= 0.3 is 0 Å². The van der Waals surface area contributed by atoms with E-state index < -0.39 is 12.0 Å². The number of alkyl halides is 2. The summed E-state index contributed by atoms with van der Waals surface area (Å²) < 4.78 is 30.1. The van der Waals surface area contributed by atoms with Gasteiger partial charge in [-0.1, -0.05) is 30.4 Å². The molecule has 1 saturated heterocycles. The zero-order valence-electron chi connectivity index (χ0n) is 23.6. The molecule has 1 aromatic heterocycles. The number of carbonyl (C=O) groups excluding carboxylic acids is 1. The summed E-state index contributed by atoms with van der Waals surface area (Å²) in [5.74, 6) is -2.15. The fourth-order valence-electron chi connectivity index (χ4n) is 7.80. The Kier molecular flexibility index (Phi) is 7.07. The van der Waals surface area contributed by atoms with E-state index >= 15 is 0 Å². The van der Waals surface area contributed by atoms with Crippen molar-refractivity contribution in [3.63, 3.8) is 0 Å². The maximum atomic E-state index is 14.0.